The van der Waals surface area contributed by atoms with Gasteiger partial charge >= 0.3 is 11.9 Å². The molecule has 0 aromatic carbocycles. The number of ether oxygens (including phenoxy) is 3. The lowest BCUT2D eigenvalue weighted by Gasteiger charge is -2.18. The van der Waals surface area contributed by atoms with Gasteiger partial charge in [0.1, 0.15) is 6.61 Å². The van der Waals surface area contributed by atoms with Crippen LogP contribution >= 0.6 is 0 Å². The zero-order valence-electron chi connectivity index (χ0n) is 41.6. The number of carbonyl (C=O) groups is 2. The first kappa shape index (κ1) is 59.9. The van der Waals surface area contributed by atoms with E-state index >= 15 is 0 Å². The molecule has 0 saturated carbocycles. The smallest absolute Gasteiger partial charge is 0.306 e. The lowest BCUT2D eigenvalue weighted by Crippen LogP contribution is -2.30. The molecule has 0 aliphatic rings. The molecule has 0 heterocycles. The third kappa shape index (κ3) is 50.5. The second kappa shape index (κ2) is 53.2. The van der Waals surface area contributed by atoms with Gasteiger partial charge in [-0.2, -0.15) is 0 Å². The van der Waals surface area contributed by atoms with Gasteiger partial charge in [0.2, 0.25) is 0 Å². The lowest BCUT2D eigenvalue weighted by molar-refractivity contribution is -0.163. The first-order valence-corrected chi connectivity index (χ1v) is 27.2. The molecule has 0 aliphatic carbocycles. The van der Waals surface area contributed by atoms with E-state index in [1.807, 2.05) is 0 Å². The largest absolute Gasteiger partial charge is 0.462 e. The molecule has 0 spiro atoms. The summed E-state index contributed by atoms with van der Waals surface area (Å²) in [7, 11) is 0. The zero-order chi connectivity index (χ0) is 44.9. The minimum Gasteiger partial charge on any atom is -0.462 e. The Kier molecular flexibility index (Phi) is 51.4. The highest BCUT2D eigenvalue weighted by molar-refractivity contribution is 5.70. The van der Waals surface area contributed by atoms with Crippen molar-refractivity contribution in [2.45, 2.75) is 284 Å². The van der Waals surface area contributed by atoms with Crippen LogP contribution < -0.4 is 0 Å². The predicted octanol–water partition coefficient (Wildman–Crippen LogP) is 18.3. The van der Waals surface area contributed by atoms with E-state index in [0.717, 1.165) is 77.0 Å². The molecule has 0 amide bonds. The highest BCUT2D eigenvalue weighted by Crippen LogP contribution is 2.16. The topological polar surface area (TPSA) is 61.8 Å². The lowest BCUT2D eigenvalue weighted by atomic mass is 10.0. The van der Waals surface area contributed by atoms with Crippen molar-refractivity contribution < 1.29 is 23.8 Å². The Morgan fingerprint density at radius 3 is 1.16 bits per heavy atom. The summed E-state index contributed by atoms with van der Waals surface area (Å²) in [5.41, 5.74) is 0. The van der Waals surface area contributed by atoms with Crippen LogP contribution in [0.25, 0.3) is 0 Å². The molecule has 5 nitrogen and oxygen atoms in total. The Balaban J connectivity index is 4.25. The van der Waals surface area contributed by atoms with E-state index in [1.54, 1.807) is 0 Å². The molecule has 0 N–H and O–H groups in total. The second-order valence-corrected chi connectivity index (χ2v) is 18.1. The summed E-state index contributed by atoms with van der Waals surface area (Å²) >= 11 is 0. The normalized spacial score (nSPS) is 12.5. The quantitative estimate of drug-likeness (QED) is 0.0346. The third-order valence-electron chi connectivity index (χ3n) is 11.9. The van der Waals surface area contributed by atoms with Crippen molar-refractivity contribution in [2.75, 3.05) is 19.8 Å². The standard InChI is InChI=1S/C57H104O5/c1-4-7-10-13-16-19-22-25-27-29-31-33-35-38-41-44-47-50-56(58)61-54-55(53-60-52-49-46-43-40-37-24-21-18-15-12-9-6-3)62-57(59)51-48-45-42-39-36-34-32-30-28-26-23-20-17-14-11-8-5-2/h7,10,16,19,25,27,31,33,55H,4-6,8-9,11-15,17-18,20-24,26,28-30,32,34-54H2,1-3H3/b10-7-,19-16-,27-25-,33-31-. The maximum atomic E-state index is 12.8. The van der Waals surface area contributed by atoms with Crippen LogP contribution in [0.15, 0.2) is 48.6 Å². The van der Waals surface area contributed by atoms with Crippen LogP contribution in [0.2, 0.25) is 0 Å². The SMILES string of the molecule is CC/C=C\C/C=C\C/C=C\C/C=C\CCCCCCC(=O)OCC(COCCCCCCCCCCCCCC)OC(=O)CCCCCCCCCCCCCCCCCCC. The Labute approximate surface area is 386 Å². The minimum atomic E-state index is -0.541. The predicted molar refractivity (Wildman–Crippen MR) is 270 cm³/mol. The summed E-state index contributed by atoms with van der Waals surface area (Å²) in [5, 5.41) is 0. The van der Waals surface area contributed by atoms with Crippen LogP contribution in [0.1, 0.15) is 278 Å². The summed E-state index contributed by atoms with van der Waals surface area (Å²) < 4.78 is 17.4. The van der Waals surface area contributed by atoms with E-state index in [9.17, 15) is 9.59 Å². The summed E-state index contributed by atoms with van der Waals surface area (Å²) in [6.07, 6.45) is 65.5. The van der Waals surface area contributed by atoms with Crippen LogP contribution in [0.3, 0.4) is 0 Å². The van der Waals surface area contributed by atoms with Crippen molar-refractivity contribution in [3.8, 4) is 0 Å². The number of esters is 2. The highest BCUT2D eigenvalue weighted by Gasteiger charge is 2.17. The third-order valence-corrected chi connectivity index (χ3v) is 11.9. The summed E-state index contributed by atoms with van der Waals surface area (Å²) in [6.45, 7) is 7.74. The van der Waals surface area contributed by atoms with Gasteiger partial charge in [0.25, 0.3) is 0 Å². The molecule has 0 fully saturated rings. The number of hydrogen-bond donors (Lipinski definition) is 0. The molecular formula is C57H104O5. The molecule has 0 bridgehead atoms. The van der Waals surface area contributed by atoms with Gasteiger partial charge in [0.15, 0.2) is 6.10 Å². The molecular weight excluding hydrogens is 765 g/mol. The maximum Gasteiger partial charge on any atom is 0.306 e. The molecule has 0 rings (SSSR count). The van der Waals surface area contributed by atoms with Crippen LogP contribution in [0.5, 0.6) is 0 Å². The fraction of sp³-hybridized carbons (Fsp3) is 0.825. The average molecular weight is 869 g/mol. The molecule has 0 aromatic heterocycles. The number of allylic oxidation sites excluding steroid dienone is 8. The molecule has 1 unspecified atom stereocenters. The van der Waals surface area contributed by atoms with Crippen LogP contribution in [-0.2, 0) is 23.8 Å². The van der Waals surface area contributed by atoms with E-state index < -0.39 is 6.10 Å². The van der Waals surface area contributed by atoms with Gasteiger partial charge in [-0.05, 0) is 57.8 Å². The van der Waals surface area contributed by atoms with Gasteiger partial charge in [-0.1, -0.05) is 256 Å². The Hall–Kier alpha value is -2.14. The van der Waals surface area contributed by atoms with Gasteiger partial charge in [0, 0.05) is 19.4 Å². The van der Waals surface area contributed by atoms with Crippen molar-refractivity contribution in [2.24, 2.45) is 0 Å². The van der Waals surface area contributed by atoms with Crippen molar-refractivity contribution in [1.82, 2.24) is 0 Å². The number of unbranched alkanes of at least 4 members (excludes halogenated alkanes) is 31. The van der Waals surface area contributed by atoms with Gasteiger partial charge in [-0.3, -0.25) is 9.59 Å². The number of carbonyl (C=O) groups excluding carboxylic acids is 2. The Bertz CT molecular complexity index is 1030. The molecule has 0 saturated heterocycles. The molecule has 1 atom stereocenters. The van der Waals surface area contributed by atoms with Crippen LogP contribution in [0, 0.1) is 0 Å². The summed E-state index contributed by atoms with van der Waals surface area (Å²) in [4.78, 5) is 25.4. The zero-order valence-corrected chi connectivity index (χ0v) is 41.6. The highest BCUT2D eigenvalue weighted by atomic mass is 16.6. The van der Waals surface area contributed by atoms with Gasteiger partial charge < -0.3 is 14.2 Å². The van der Waals surface area contributed by atoms with Gasteiger partial charge in [-0.25, -0.2) is 0 Å². The fourth-order valence-electron chi connectivity index (χ4n) is 7.86. The molecule has 0 aromatic rings. The van der Waals surface area contributed by atoms with E-state index in [0.29, 0.717) is 19.4 Å². The Morgan fingerprint density at radius 1 is 0.371 bits per heavy atom. The molecule has 5 heteroatoms. The second-order valence-electron chi connectivity index (χ2n) is 18.1. The van der Waals surface area contributed by atoms with Gasteiger partial charge in [0.05, 0.1) is 6.61 Å². The van der Waals surface area contributed by atoms with Crippen molar-refractivity contribution in [1.29, 1.82) is 0 Å². The molecule has 0 radical (unpaired) electrons. The van der Waals surface area contributed by atoms with Crippen molar-refractivity contribution in [3.63, 3.8) is 0 Å². The van der Waals surface area contributed by atoms with Gasteiger partial charge in [-0.15, -0.1) is 0 Å². The summed E-state index contributed by atoms with van der Waals surface area (Å²) in [6, 6.07) is 0. The first-order chi connectivity index (χ1) is 30.6. The Morgan fingerprint density at radius 2 is 0.726 bits per heavy atom. The average Bonchev–Trinajstić information content (AvgIpc) is 3.27. The van der Waals surface area contributed by atoms with Crippen LogP contribution in [0.4, 0.5) is 0 Å². The van der Waals surface area contributed by atoms with E-state index in [2.05, 4.69) is 69.4 Å². The van der Waals surface area contributed by atoms with E-state index in [4.69, 9.17) is 14.2 Å². The minimum absolute atomic E-state index is 0.0773. The number of rotatable bonds is 50. The molecule has 0 aliphatic heterocycles. The molecule has 62 heavy (non-hydrogen) atoms. The monoisotopic (exact) mass is 869 g/mol. The number of hydrogen-bond acceptors (Lipinski definition) is 5. The summed E-state index contributed by atoms with van der Waals surface area (Å²) in [5.74, 6) is -0.409. The van der Waals surface area contributed by atoms with E-state index in [1.165, 1.54) is 167 Å². The van der Waals surface area contributed by atoms with Crippen LogP contribution in [-0.4, -0.2) is 37.9 Å². The first-order valence-electron chi connectivity index (χ1n) is 27.2. The fourth-order valence-corrected chi connectivity index (χ4v) is 7.86. The van der Waals surface area contributed by atoms with E-state index in [-0.39, 0.29) is 25.2 Å². The van der Waals surface area contributed by atoms with Crippen molar-refractivity contribution in [3.05, 3.63) is 48.6 Å². The molecule has 362 valence electrons. The van der Waals surface area contributed by atoms with Crippen molar-refractivity contribution >= 4 is 11.9 Å². The maximum absolute atomic E-state index is 12.8.